The Bertz CT molecular complexity index is 692. The third-order valence-corrected chi connectivity index (χ3v) is 2.79. The Labute approximate surface area is 132 Å². The Morgan fingerprint density at radius 3 is 2.52 bits per heavy atom. The van der Waals surface area contributed by atoms with Crippen LogP contribution in [-0.4, -0.2) is 25.7 Å². The molecule has 0 saturated carbocycles. The molecule has 0 fully saturated rings. The predicted octanol–water partition coefficient (Wildman–Crippen LogP) is 3.02. The Balaban J connectivity index is 1.95. The number of halogens is 1. The number of ether oxygens (including phenoxy) is 2. The lowest BCUT2D eigenvalue weighted by molar-refractivity contribution is -0.118. The third kappa shape index (κ3) is 4.99. The molecule has 7 heteroatoms. The molecular formula is C16H15FN2O4. The van der Waals surface area contributed by atoms with Crippen LogP contribution in [0.25, 0.3) is 0 Å². The largest absolute Gasteiger partial charge is 0.484 e. The van der Waals surface area contributed by atoms with Crippen molar-refractivity contribution in [2.24, 2.45) is 0 Å². The lowest BCUT2D eigenvalue weighted by Gasteiger charge is -2.10. The van der Waals surface area contributed by atoms with Crippen molar-refractivity contribution < 1.29 is 23.5 Å². The van der Waals surface area contributed by atoms with Crippen LogP contribution in [0.3, 0.4) is 0 Å². The SMILES string of the molecule is COC(=O)Nc1cc(NC(=O)COc2ccccc2)ccc1F. The maximum Gasteiger partial charge on any atom is 0.411 e. The smallest absolute Gasteiger partial charge is 0.411 e. The normalized spacial score (nSPS) is 9.83. The van der Waals surface area contributed by atoms with Gasteiger partial charge in [0.2, 0.25) is 0 Å². The number of benzene rings is 2. The van der Waals surface area contributed by atoms with E-state index in [1.165, 1.54) is 19.2 Å². The van der Waals surface area contributed by atoms with Gasteiger partial charge < -0.3 is 14.8 Å². The summed E-state index contributed by atoms with van der Waals surface area (Å²) in [6.45, 7) is -0.193. The molecule has 2 rings (SSSR count). The van der Waals surface area contributed by atoms with Crippen LogP contribution < -0.4 is 15.4 Å². The number of amides is 2. The molecule has 120 valence electrons. The minimum absolute atomic E-state index is 0.0985. The van der Waals surface area contributed by atoms with E-state index in [1.807, 2.05) is 6.07 Å². The number of anilines is 2. The number of rotatable bonds is 5. The highest BCUT2D eigenvalue weighted by Gasteiger charge is 2.10. The molecule has 0 aliphatic heterocycles. The first-order valence-corrected chi connectivity index (χ1v) is 6.70. The molecule has 2 aromatic carbocycles. The molecular weight excluding hydrogens is 303 g/mol. The van der Waals surface area contributed by atoms with E-state index < -0.39 is 17.8 Å². The number of methoxy groups -OCH3 is 1. The van der Waals surface area contributed by atoms with Crippen LogP contribution in [0, 0.1) is 5.82 Å². The summed E-state index contributed by atoms with van der Waals surface area (Å²) in [7, 11) is 1.17. The van der Waals surface area contributed by atoms with Crippen LogP contribution in [-0.2, 0) is 9.53 Å². The maximum absolute atomic E-state index is 13.6. The average molecular weight is 318 g/mol. The summed E-state index contributed by atoms with van der Waals surface area (Å²) >= 11 is 0. The highest BCUT2D eigenvalue weighted by molar-refractivity contribution is 5.93. The Morgan fingerprint density at radius 2 is 1.83 bits per heavy atom. The lowest BCUT2D eigenvalue weighted by atomic mass is 10.2. The van der Waals surface area contributed by atoms with Crippen molar-refractivity contribution >= 4 is 23.4 Å². The minimum atomic E-state index is -0.806. The van der Waals surface area contributed by atoms with Crippen molar-refractivity contribution in [3.05, 3.63) is 54.3 Å². The zero-order valence-corrected chi connectivity index (χ0v) is 12.3. The summed E-state index contributed by atoms with van der Waals surface area (Å²) in [4.78, 5) is 22.9. The molecule has 0 heterocycles. The van der Waals surface area contributed by atoms with Crippen LogP contribution in [0.1, 0.15) is 0 Å². The third-order valence-electron chi connectivity index (χ3n) is 2.79. The fraction of sp³-hybridized carbons (Fsp3) is 0.125. The highest BCUT2D eigenvalue weighted by atomic mass is 19.1. The molecule has 0 spiro atoms. The Hall–Kier alpha value is -3.09. The number of hydrogen-bond acceptors (Lipinski definition) is 4. The molecule has 23 heavy (non-hydrogen) atoms. The van der Waals surface area contributed by atoms with Crippen molar-refractivity contribution in [1.82, 2.24) is 0 Å². The van der Waals surface area contributed by atoms with E-state index in [0.717, 1.165) is 6.07 Å². The number of hydrogen-bond donors (Lipinski definition) is 2. The second-order valence-corrected chi connectivity index (χ2v) is 4.46. The summed E-state index contributed by atoms with van der Waals surface area (Å²) in [5, 5.41) is 4.76. The van der Waals surface area contributed by atoms with E-state index in [0.29, 0.717) is 11.4 Å². The van der Waals surface area contributed by atoms with E-state index in [9.17, 15) is 14.0 Å². The van der Waals surface area contributed by atoms with E-state index in [4.69, 9.17) is 4.74 Å². The quantitative estimate of drug-likeness (QED) is 0.888. The summed E-state index contributed by atoms with van der Waals surface area (Å²) in [5.74, 6) is -0.492. The van der Waals surface area contributed by atoms with Crippen LogP contribution in [0.5, 0.6) is 5.75 Å². The molecule has 2 aromatic rings. The molecule has 0 aliphatic carbocycles. The van der Waals surface area contributed by atoms with Gasteiger partial charge in [-0.3, -0.25) is 10.1 Å². The van der Waals surface area contributed by atoms with Gasteiger partial charge in [0, 0.05) is 5.69 Å². The van der Waals surface area contributed by atoms with Gasteiger partial charge in [-0.25, -0.2) is 9.18 Å². The van der Waals surface area contributed by atoms with Crippen LogP contribution >= 0.6 is 0 Å². The summed E-state index contributed by atoms with van der Waals surface area (Å²) < 4.78 is 23.3. The van der Waals surface area contributed by atoms with Gasteiger partial charge in [0.05, 0.1) is 12.8 Å². The first-order valence-electron chi connectivity index (χ1n) is 6.70. The fourth-order valence-electron chi connectivity index (χ4n) is 1.72. The van der Waals surface area contributed by atoms with Crippen molar-refractivity contribution in [2.75, 3.05) is 24.4 Å². The van der Waals surface area contributed by atoms with Gasteiger partial charge in [-0.1, -0.05) is 18.2 Å². The Kier molecular flexibility index (Phi) is 5.51. The minimum Gasteiger partial charge on any atom is -0.484 e. The van der Waals surface area contributed by atoms with E-state index >= 15 is 0 Å². The zero-order chi connectivity index (χ0) is 16.7. The molecule has 0 unspecified atom stereocenters. The predicted molar refractivity (Wildman–Crippen MR) is 83.0 cm³/mol. The molecule has 2 N–H and O–H groups in total. The van der Waals surface area contributed by atoms with Crippen LogP contribution in [0.4, 0.5) is 20.6 Å². The second-order valence-electron chi connectivity index (χ2n) is 4.46. The molecule has 0 saturated heterocycles. The fourth-order valence-corrected chi connectivity index (χ4v) is 1.72. The molecule has 6 nitrogen and oxygen atoms in total. The van der Waals surface area contributed by atoms with Gasteiger partial charge in [0.25, 0.3) is 5.91 Å². The van der Waals surface area contributed by atoms with E-state index in [-0.39, 0.29) is 12.3 Å². The summed E-state index contributed by atoms with van der Waals surface area (Å²) in [6, 6.07) is 12.6. The number of nitrogens with one attached hydrogen (secondary N) is 2. The molecule has 0 radical (unpaired) electrons. The summed E-state index contributed by atoms with van der Waals surface area (Å²) in [6.07, 6.45) is -0.806. The first kappa shape index (κ1) is 16.3. The lowest BCUT2D eigenvalue weighted by Crippen LogP contribution is -2.20. The molecule has 2 amide bonds. The zero-order valence-electron chi connectivity index (χ0n) is 12.3. The van der Waals surface area contributed by atoms with Gasteiger partial charge in [-0.15, -0.1) is 0 Å². The van der Waals surface area contributed by atoms with Gasteiger partial charge in [0.15, 0.2) is 6.61 Å². The van der Waals surface area contributed by atoms with Crippen LogP contribution in [0.15, 0.2) is 48.5 Å². The molecule has 0 aliphatic rings. The van der Waals surface area contributed by atoms with Crippen molar-refractivity contribution in [3.8, 4) is 5.75 Å². The van der Waals surface area contributed by atoms with Gasteiger partial charge in [0.1, 0.15) is 11.6 Å². The first-order chi connectivity index (χ1) is 11.1. The van der Waals surface area contributed by atoms with E-state index in [1.54, 1.807) is 24.3 Å². The van der Waals surface area contributed by atoms with E-state index in [2.05, 4.69) is 15.4 Å². The standard InChI is InChI=1S/C16H15FN2O4/c1-22-16(21)19-14-9-11(7-8-13(14)17)18-15(20)10-23-12-5-3-2-4-6-12/h2-9H,10H2,1H3,(H,18,20)(H,19,21). The topological polar surface area (TPSA) is 76.7 Å². The van der Waals surface area contributed by atoms with Gasteiger partial charge >= 0.3 is 6.09 Å². The molecule has 0 bridgehead atoms. The Morgan fingerprint density at radius 1 is 1.09 bits per heavy atom. The molecule has 0 aromatic heterocycles. The highest BCUT2D eigenvalue weighted by Crippen LogP contribution is 2.20. The maximum atomic E-state index is 13.6. The van der Waals surface area contributed by atoms with Crippen LogP contribution in [0.2, 0.25) is 0 Å². The van der Waals surface area contributed by atoms with Crippen molar-refractivity contribution in [2.45, 2.75) is 0 Å². The van der Waals surface area contributed by atoms with Gasteiger partial charge in [-0.2, -0.15) is 0 Å². The number of carbonyl (C=O) groups excluding carboxylic acids is 2. The monoisotopic (exact) mass is 318 g/mol. The number of para-hydroxylation sites is 1. The summed E-state index contributed by atoms with van der Waals surface area (Å²) in [5.41, 5.74) is 0.220. The average Bonchev–Trinajstić information content (AvgIpc) is 2.57. The second kappa shape index (κ2) is 7.79. The number of carbonyl (C=O) groups is 2. The van der Waals surface area contributed by atoms with Crippen molar-refractivity contribution in [1.29, 1.82) is 0 Å². The van der Waals surface area contributed by atoms with Gasteiger partial charge in [-0.05, 0) is 30.3 Å². The van der Waals surface area contributed by atoms with Crippen molar-refractivity contribution in [3.63, 3.8) is 0 Å². The molecule has 0 atom stereocenters.